The van der Waals surface area contributed by atoms with Gasteiger partial charge < -0.3 is 20.7 Å². The van der Waals surface area contributed by atoms with E-state index in [4.69, 9.17) is 15.7 Å². The molecule has 0 radical (unpaired) electrons. The van der Waals surface area contributed by atoms with E-state index in [1.807, 2.05) is 0 Å². The molecule has 0 saturated carbocycles. The van der Waals surface area contributed by atoms with E-state index < -0.39 is 5.91 Å². The van der Waals surface area contributed by atoms with Crippen LogP contribution < -0.4 is 15.8 Å². The monoisotopic (exact) mass is 406 g/mol. The number of nitriles is 1. The molecule has 0 unspecified atom stereocenters. The Bertz CT molecular complexity index is 1110. The number of hydrogen-bond donors (Lipinski definition) is 2. The lowest BCUT2D eigenvalue weighted by molar-refractivity contribution is 0.102. The van der Waals surface area contributed by atoms with Gasteiger partial charge in [-0.25, -0.2) is 9.50 Å². The Morgan fingerprint density at radius 1 is 1.40 bits per heavy atom. The van der Waals surface area contributed by atoms with Gasteiger partial charge in [0.05, 0.1) is 18.7 Å². The molecule has 30 heavy (non-hydrogen) atoms. The van der Waals surface area contributed by atoms with Gasteiger partial charge in [0.15, 0.2) is 11.5 Å². The van der Waals surface area contributed by atoms with Gasteiger partial charge in [0, 0.05) is 43.3 Å². The summed E-state index contributed by atoms with van der Waals surface area (Å²) in [7, 11) is 2.09. The summed E-state index contributed by atoms with van der Waals surface area (Å²) in [6.07, 6.45) is 8.46. The second-order valence-electron chi connectivity index (χ2n) is 7.27. The van der Waals surface area contributed by atoms with Gasteiger partial charge in [0.1, 0.15) is 23.1 Å². The average molecular weight is 406 g/mol. The molecule has 0 aliphatic carbocycles. The highest BCUT2D eigenvalue weighted by molar-refractivity contribution is 6.11. The zero-order valence-corrected chi connectivity index (χ0v) is 16.6. The number of pyridine rings is 1. The molecule has 0 spiro atoms. The van der Waals surface area contributed by atoms with Crippen molar-refractivity contribution in [2.75, 3.05) is 31.2 Å². The van der Waals surface area contributed by atoms with Crippen LogP contribution in [-0.2, 0) is 6.42 Å². The fourth-order valence-corrected chi connectivity index (χ4v) is 3.44. The topological polar surface area (TPSA) is 134 Å². The number of aromatic nitrogens is 4. The molecule has 1 saturated heterocycles. The highest BCUT2D eigenvalue weighted by Crippen LogP contribution is 2.28. The van der Waals surface area contributed by atoms with Crippen molar-refractivity contribution in [1.82, 2.24) is 24.5 Å². The predicted octanol–water partition coefficient (Wildman–Crippen LogP) is 1.50. The molecule has 0 bridgehead atoms. The standard InChI is InChI=1S/C20H22N8O2/c1-27-8-4-14(5-9-27)30-16-3-7-23-11-15(16)25-20(29)17-18(22)26-28-12-13(2-6-21)10-24-19(17)28/h3,7,10-12,14H,2,4-5,8-9H2,1H3,(H2,22,26)(H,25,29). The van der Waals surface area contributed by atoms with Gasteiger partial charge in [-0.3, -0.25) is 9.78 Å². The SMILES string of the molecule is CN1CCC(Oc2ccncc2NC(=O)c2c(N)nn3cc(CC#N)cnc23)CC1. The van der Waals surface area contributed by atoms with Crippen LogP contribution in [0.25, 0.3) is 5.65 Å². The highest BCUT2D eigenvalue weighted by Gasteiger charge is 2.23. The Kier molecular flexibility index (Phi) is 5.45. The summed E-state index contributed by atoms with van der Waals surface area (Å²) in [5.74, 6) is 0.159. The number of anilines is 2. The van der Waals surface area contributed by atoms with E-state index in [2.05, 4.69) is 38.4 Å². The summed E-state index contributed by atoms with van der Waals surface area (Å²) in [4.78, 5) is 23.6. The highest BCUT2D eigenvalue weighted by atomic mass is 16.5. The number of nitrogens with one attached hydrogen (secondary N) is 1. The fraction of sp³-hybridized carbons (Fsp3) is 0.350. The minimum atomic E-state index is -0.454. The third-order valence-corrected chi connectivity index (χ3v) is 5.05. The first-order valence-corrected chi connectivity index (χ1v) is 9.65. The number of piperidine rings is 1. The summed E-state index contributed by atoms with van der Waals surface area (Å²) in [5, 5.41) is 15.8. The largest absolute Gasteiger partial charge is 0.488 e. The van der Waals surface area contributed by atoms with Crippen LogP contribution >= 0.6 is 0 Å². The van der Waals surface area contributed by atoms with Crippen LogP contribution in [0.5, 0.6) is 5.75 Å². The summed E-state index contributed by atoms with van der Waals surface area (Å²) < 4.78 is 7.55. The number of carbonyl (C=O) groups is 1. The van der Waals surface area contributed by atoms with Crippen molar-refractivity contribution in [2.45, 2.75) is 25.4 Å². The number of amides is 1. The average Bonchev–Trinajstić information content (AvgIpc) is 3.06. The predicted molar refractivity (Wildman–Crippen MR) is 110 cm³/mol. The number of nitrogens with zero attached hydrogens (tertiary/aromatic N) is 6. The van der Waals surface area contributed by atoms with Crippen LogP contribution in [0.3, 0.4) is 0 Å². The molecule has 154 valence electrons. The summed E-state index contributed by atoms with van der Waals surface area (Å²) in [6, 6.07) is 3.79. The zero-order chi connectivity index (χ0) is 21.1. The number of hydrogen-bond acceptors (Lipinski definition) is 8. The number of likely N-dealkylation sites (tertiary alicyclic amines) is 1. The smallest absolute Gasteiger partial charge is 0.263 e. The molecule has 4 heterocycles. The second kappa shape index (κ2) is 8.34. The first-order valence-electron chi connectivity index (χ1n) is 9.65. The molecule has 10 heteroatoms. The maximum Gasteiger partial charge on any atom is 0.263 e. The third-order valence-electron chi connectivity index (χ3n) is 5.05. The Morgan fingerprint density at radius 3 is 2.97 bits per heavy atom. The molecule has 3 aromatic rings. The summed E-state index contributed by atoms with van der Waals surface area (Å²) in [6.45, 7) is 1.94. The lowest BCUT2D eigenvalue weighted by Crippen LogP contribution is -2.35. The number of carbonyl (C=O) groups excluding carboxylic acids is 1. The van der Waals surface area contributed by atoms with Gasteiger partial charge in [-0.2, -0.15) is 5.26 Å². The van der Waals surface area contributed by atoms with Crippen molar-refractivity contribution < 1.29 is 9.53 Å². The van der Waals surface area contributed by atoms with Crippen LogP contribution in [0.4, 0.5) is 11.5 Å². The molecule has 1 aliphatic rings. The first kappa shape index (κ1) is 19.6. The first-order chi connectivity index (χ1) is 14.5. The van der Waals surface area contributed by atoms with Gasteiger partial charge in [0.25, 0.3) is 5.91 Å². The normalized spacial score (nSPS) is 15.1. The number of rotatable bonds is 5. The van der Waals surface area contributed by atoms with E-state index in [9.17, 15) is 4.79 Å². The maximum absolute atomic E-state index is 13.0. The van der Waals surface area contributed by atoms with Gasteiger partial charge in [-0.05, 0) is 19.9 Å². The van der Waals surface area contributed by atoms with Crippen LogP contribution in [0.1, 0.15) is 28.8 Å². The third kappa shape index (κ3) is 4.01. The van der Waals surface area contributed by atoms with E-state index in [0.717, 1.165) is 25.9 Å². The molecule has 3 N–H and O–H groups in total. The Labute approximate surface area is 173 Å². The minimum absolute atomic E-state index is 0.0517. The van der Waals surface area contributed by atoms with Gasteiger partial charge in [-0.15, -0.1) is 5.10 Å². The van der Waals surface area contributed by atoms with Crippen LogP contribution in [-0.4, -0.2) is 56.6 Å². The molecule has 3 aromatic heterocycles. The Hall–Kier alpha value is -3.71. The number of ether oxygens (including phenoxy) is 1. The molecule has 1 fully saturated rings. The molecule has 0 atom stereocenters. The lowest BCUT2D eigenvalue weighted by atomic mass is 10.1. The molecule has 0 aromatic carbocycles. The molecule has 1 amide bonds. The van der Waals surface area contributed by atoms with Crippen molar-refractivity contribution in [3.8, 4) is 11.8 Å². The Balaban J connectivity index is 1.56. The van der Waals surface area contributed by atoms with E-state index in [0.29, 0.717) is 22.6 Å². The minimum Gasteiger partial charge on any atom is -0.488 e. The van der Waals surface area contributed by atoms with Crippen LogP contribution in [0.15, 0.2) is 30.9 Å². The van der Waals surface area contributed by atoms with E-state index in [1.54, 1.807) is 24.7 Å². The molecule has 1 aliphatic heterocycles. The zero-order valence-electron chi connectivity index (χ0n) is 16.6. The van der Waals surface area contributed by atoms with Crippen molar-refractivity contribution in [2.24, 2.45) is 0 Å². The summed E-state index contributed by atoms with van der Waals surface area (Å²) >= 11 is 0. The van der Waals surface area contributed by atoms with E-state index >= 15 is 0 Å². The van der Waals surface area contributed by atoms with Crippen molar-refractivity contribution in [3.63, 3.8) is 0 Å². The van der Waals surface area contributed by atoms with E-state index in [1.165, 1.54) is 10.7 Å². The van der Waals surface area contributed by atoms with E-state index in [-0.39, 0.29) is 23.9 Å². The second-order valence-corrected chi connectivity index (χ2v) is 7.27. The van der Waals surface area contributed by atoms with Gasteiger partial charge in [0.2, 0.25) is 0 Å². The molecule has 10 nitrogen and oxygen atoms in total. The number of nitrogens with two attached hydrogens (primary N) is 1. The van der Waals surface area contributed by atoms with Crippen molar-refractivity contribution in [3.05, 3.63) is 42.0 Å². The molecular weight excluding hydrogens is 384 g/mol. The van der Waals surface area contributed by atoms with Gasteiger partial charge >= 0.3 is 0 Å². The Morgan fingerprint density at radius 2 is 2.20 bits per heavy atom. The molecular formula is C20H22N8O2. The molecule has 4 rings (SSSR count). The van der Waals surface area contributed by atoms with Gasteiger partial charge in [-0.1, -0.05) is 0 Å². The van der Waals surface area contributed by atoms with Crippen molar-refractivity contribution in [1.29, 1.82) is 5.26 Å². The van der Waals surface area contributed by atoms with Crippen LogP contribution in [0, 0.1) is 11.3 Å². The number of nitrogen functional groups attached to an aromatic ring is 1. The lowest BCUT2D eigenvalue weighted by Gasteiger charge is -2.29. The maximum atomic E-state index is 13.0. The van der Waals surface area contributed by atoms with Crippen LogP contribution in [0.2, 0.25) is 0 Å². The quantitative estimate of drug-likeness (QED) is 0.651. The van der Waals surface area contributed by atoms with Crippen molar-refractivity contribution >= 4 is 23.1 Å². The number of fused-ring (bicyclic) bond motifs is 1. The summed E-state index contributed by atoms with van der Waals surface area (Å²) in [5.41, 5.74) is 7.60. The fourth-order valence-electron chi connectivity index (χ4n) is 3.44.